The number of carbonyl (C=O) groups excluding carboxylic acids is 1. The number of hydroxylamine groups is 2. The molecule has 1 aliphatic rings. The highest BCUT2D eigenvalue weighted by atomic mass is 32.2. The summed E-state index contributed by atoms with van der Waals surface area (Å²) in [7, 11) is -3.88. The molecule has 0 radical (unpaired) electrons. The van der Waals surface area contributed by atoms with Crippen LogP contribution in [-0.2, 0) is 34.0 Å². The molecule has 6 nitrogen and oxygen atoms in total. The highest BCUT2D eigenvalue weighted by molar-refractivity contribution is 7.89. The van der Waals surface area contributed by atoms with Gasteiger partial charge in [0.25, 0.3) is 0 Å². The Balaban J connectivity index is 2.20. The smallest absolute Gasteiger partial charge is 0.286 e. The SMILES string of the molecule is CCCCCC(C)(C)C(CS(=O)(=O)N1CCc2cc(C(F)(F)F)ccc2C1)N(O)C=O. The molecule has 1 atom stereocenters. The number of rotatable bonds is 10. The molecule has 31 heavy (non-hydrogen) atoms. The molecule has 0 bridgehead atoms. The first-order valence-electron chi connectivity index (χ1n) is 10.4. The van der Waals surface area contributed by atoms with Crippen molar-refractivity contribution in [2.45, 2.75) is 71.6 Å². The summed E-state index contributed by atoms with van der Waals surface area (Å²) in [5.74, 6) is -0.461. The van der Waals surface area contributed by atoms with Gasteiger partial charge in [-0.2, -0.15) is 17.5 Å². The van der Waals surface area contributed by atoms with Crippen molar-refractivity contribution in [2.75, 3.05) is 12.3 Å². The molecule has 0 saturated heterocycles. The maximum absolute atomic E-state index is 13.1. The Bertz CT molecular complexity index is 872. The van der Waals surface area contributed by atoms with Crippen molar-refractivity contribution >= 4 is 16.4 Å². The predicted octanol–water partition coefficient (Wildman–Crippen LogP) is 4.22. The number of amides is 1. The van der Waals surface area contributed by atoms with Crippen LogP contribution in [0, 0.1) is 5.41 Å². The second-order valence-electron chi connectivity index (χ2n) is 8.79. The predicted molar refractivity (Wildman–Crippen MR) is 111 cm³/mol. The number of alkyl halides is 3. The third-order valence-electron chi connectivity index (χ3n) is 6.03. The van der Waals surface area contributed by atoms with Crippen LogP contribution < -0.4 is 0 Å². The van der Waals surface area contributed by atoms with E-state index in [1.165, 1.54) is 10.4 Å². The minimum absolute atomic E-state index is 0.0364. The van der Waals surface area contributed by atoms with Crippen molar-refractivity contribution in [3.8, 4) is 0 Å². The average Bonchev–Trinajstić information content (AvgIpc) is 2.70. The second kappa shape index (κ2) is 9.87. The number of halogens is 3. The van der Waals surface area contributed by atoms with Gasteiger partial charge in [0.15, 0.2) is 0 Å². The quantitative estimate of drug-likeness (QED) is 0.243. The van der Waals surface area contributed by atoms with Crippen LogP contribution in [0.3, 0.4) is 0 Å². The molecule has 0 aliphatic carbocycles. The monoisotopic (exact) mass is 464 g/mol. The van der Waals surface area contributed by atoms with Gasteiger partial charge < -0.3 is 0 Å². The van der Waals surface area contributed by atoms with Crippen LogP contribution in [0.5, 0.6) is 0 Å². The zero-order valence-corrected chi connectivity index (χ0v) is 19.0. The second-order valence-corrected chi connectivity index (χ2v) is 10.8. The van der Waals surface area contributed by atoms with Crippen molar-refractivity contribution in [1.82, 2.24) is 9.37 Å². The molecule has 2 rings (SSSR count). The fourth-order valence-electron chi connectivity index (χ4n) is 3.98. The van der Waals surface area contributed by atoms with Crippen molar-refractivity contribution in [2.24, 2.45) is 5.41 Å². The summed E-state index contributed by atoms with van der Waals surface area (Å²) < 4.78 is 66.3. The lowest BCUT2D eigenvalue weighted by molar-refractivity contribution is -0.169. The molecule has 10 heteroatoms. The van der Waals surface area contributed by atoms with Crippen LogP contribution in [0.25, 0.3) is 0 Å². The highest BCUT2D eigenvalue weighted by Gasteiger charge is 2.40. The Morgan fingerprint density at radius 1 is 1.23 bits per heavy atom. The van der Waals surface area contributed by atoms with Crippen molar-refractivity contribution < 1.29 is 31.6 Å². The van der Waals surface area contributed by atoms with Gasteiger partial charge >= 0.3 is 6.18 Å². The molecule has 1 unspecified atom stereocenters. The Kier molecular flexibility index (Phi) is 8.15. The lowest BCUT2D eigenvalue weighted by Crippen LogP contribution is -2.50. The van der Waals surface area contributed by atoms with Crippen LogP contribution in [0.4, 0.5) is 13.2 Å². The topological polar surface area (TPSA) is 77.9 Å². The average molecular weight is 465 g/mol. The number of sulfonamides is 1. The molecule has 1 aromatic carbocycles. The van der Waals surface area contributed by atoms with Crippen molar-refractivity contribution in [3.63, 3.8) is 0 Å². The van der Waals surface area contributed by atoms with E-state index in [1.807, 2.05) is 20.8 Å². The van der Waals surface area contributed by atoms with Crippen molar-refractivity contribution in [1.29, 1.82) is 0 Å². The molecular weight excluding hydrogens is 433 g/mol. The van der Waals surface area contributed by atoms with Gasteiger partial charge in [-0.15, -0.1) is 0 Å². The third-order valence-corrected chi connectivity index (χ3v) is 7.86. The number of nitrogens with zero attached hydrogens (tertiary/aromatic N) is 2. The van der Waals surface area contributed by atoms with Gasteiger partial charge in [0.1, 0.15) is 0 Å². The Labute approximate surface area is 182 Å². The van der Waals surface area contributed by atoms with E-state index in [2.05, 4.69) is 0 Å². The van der Waals surface area contributed by atoms with Crippen LogP contribution in [-0.4, -0.2) is 47.7 Å². The summed E-state index contributed by atoms with van der Waals surface area (Å²) in [4.78, 5) is 11.2. The van der Waals surface area contributed by atoms with E-state index in [0.29, 0.717) is 22.6 Å². The summed E-state index contributed by atoms with van der Waals surface area (Å²) >= 11 is 0. The normalized spacial score (nSPS) is 16.6. The summed E-state index contributed by atoms with van der Waals surface area (Å²) in [6.45, 7) is 5.70. The zero-order chi connectivity index (χ0) is 23.4. The number of hydrogen-bond donors (Lipinski definition) is 1. The summed E-state index contributed by atoms with van der Waals surface area (Å²) in [6, 6.07) is 2.40. The van der Waals surface area contributed by atoms with Crippen LogP contribution in [0.2, 0.25) is 0 Å². The lowest BCUT2D eigenvalue weighted by atomic mass is 9.80. The molecule has 1 aromatic rings. The first-order valence-corrected chi connectivity index (χ1v) is 12.0. The van der Waals surface area contributed by atoms with Crippen LogP contribution in [0.1, 0.15) is 63.1 Å². The van der Waals surface area contributed by atoms with E-state index >= 15 is 0 Å². The van der Waals surface area contributed by atoms with E-state index in [1.54, 1.807) is 0 Å². The van der Waals surface area contributed by atoms with Gasteiger partial charge in [-0.05, 0) is 41.5 Å². The number of unbranched alkanes of at least 4 members (excludes halogenated alkanes) is 2. The first kappa shape index (κ1) is 25.6. The van der Waals surface area contributed by atoms with Crippen LogP contribution >= 0.6 is 0 Å². The fraction of sp³-hybridized carbons (Fsp3) is 0.667. The molecule has 176 valence electrons. The lowest BCUT2D eigenvalue weighted by Gasteiger charge is -2.38. The minimum atomic E-state index is -4.45. The Hall–Kier alpha value is -1.65. The number of benzene rings is 1. The number of carbonyl (C=O) groups is 1. The molecule has 0 fully saturated rings. The van der Waals surface area contributed by atoms with Crippen LogP contribution in [0.15, 0.2) is 18.2 Å². The molecule has 0 spiro atoms. The molecular formula is C21H31F3N2O4S. The summed E-state index contributed by atoms with van der Waals surface area (Å²) in [6.07, 6.45) is -0.656. The standard InChI is InChI=1S/C21H31F3N2O4S/c1-4-5-6-10-20(2,3)19(26(28)15-27)14-31(29,30)25-11-9-16-12-18(21(22,23)24)8-7-17(16)13-25/h7-8,12,15,19,28H,4-6,9-11,13-14H2,1-3H3. The summed E-state index contributed by atoms with van der Waals surface area (Å²) in [5.41, 5.74) is -0.390. The molecule has 1 amide bonds. The zero-order valence-electron chi connectivity index (χ0n) is 18.2. The van der Waals surface area contributed by atoms with Gasteiger partial charge in [-0.25, -0.2) is 13.5 Å². The number of fused-ring (bicyclic) bond motifs is 1. The van der Waals surface area contributed by atoms with E-state index in [9.17, 15) is 31.6 Å². The molecule has 1 N–H and O–H groups in total. The van der Waals surface area contributed by atoms with Gasteiger partial charge in [-0.1, -0.05) is 46.1 Å². The van der Waals surface area contributed by atoms with Gasteiger partial charge in [0.2, 0.25) is 16.4 Å². The molecule has 0 saturated carbocycles. The van der Waals surface area contributed by atoms with E-state index in [4.69, 9.17) is 0 Å². The first-order chi connectivity index (χ1) is 14.3. The van der Waals surface area contributed by atoms with Gasteiger partial charge in [0, 0.05) is 13.1 Å². The van der Waals surface area contributed by atoms with E-state index < -0.39 is 39.0 Å². The van der Waals surface area contributed by atoms with E-state index in [0.717, 1.165) is 31.4 Å². The van der Waals surface area contributed by atoms with Gasteiger partial charge in [-0.3, -0.25) is 10.0 Å². The van der Waals surface area contributed by atoms with Crippen molar-refractivity contribution in [3.05, 3.63) is 34.9 Å². The molecule has 1 heterocycles. The summed E-state index contributed by atoms with van der Waals surface area (Å²) in [5, 5.41) is 10.5. The number of hydrogen-bond acceptors (Lipinski definition) is 4. The fourth-order valence-corrected chi connectivity index (χ4v) is 5.90. The maximum Gasteiger partial charge on any atom is 0.416 e. The largest absolute Gasteiger partial charge is 0.416 e. The molecule has 0 aromatic heterocycles. The molecule has 1 aliphatic heterocycles. The maximum atomic E-state index is 13.1. The Morgan fingerprint density at radius 3 is 2.48 bits per heavy atom. The third kappa shape index (κ3) is 6.43. The minimum Gasteiger partial charge on any atom is -0.286 e. The van der Waals surface area contributed by atoms with E-state index in [-0.39, 0.29) is 25.9 Å². The Morgan fingerprint density at radius 2 is 1.90 bits per heavy atom. The van der Waals surface area contributed by atoms with Gasteiger partial charge in [0.05, 0.1) is 17.4 Å². The highest BCUT2D eigenvalue weighted by Crippen LogP contribution is 2.34.